The van der Waals surface area contributed by atoms with Crippen LogP contribution >= 0.6 is 0 Å². The second kappa shape index (κ2) is 6.12. The number of anilines is 1. The highest BCUT2D eigenvalue weighted by atomic mass is 19.1. The summed E-state index contributed by atoms with van der Waals surface area (Å²) < 4.78 is 17.6. The quantitative estimate of drug-likeness (QED) is 0.464. The van der Waals surface area contributed by atoms with Crippen LogP contribution in [0.15, 0.2) is 18.2 Å². The van der Waals surface area contributed by atoms with Gasteiger partial charge in [-0.15, -0.1) is 0 Å². The van der Waals surface area contributed by atoms with Crippen molar-refractivity contribution in [3.63, 3.8) is 0 Å². The van der Waals surface area contributed by atoms with Gasteiger partial charge in [-0.3, -0.25) is 14.9 Å². The van der Waals surface area contributed by atoms with E-state index in [4.69, 9.17) is 0 Å². The van der Waals surface area contributed by atoms with Crippen molar-refractivity contribution in [2.45, 2.75) is 6.92 Å². The van der Waals surface area contributed by atoms with Crippen LogP contribution in [-0.2, 0) is 9.53 Å². The van der Waals surface area contributed by atoms with E-state index in [1.807, 2.05) is 0 Å². The Hall–Kier alpha value is -2.18. The lowest BCUT2D eigenvalue weighted by molar-refractivity contribution is -0.384. The normalized spacial score (nSPS) is 11.8. The number of nitro groups is 1. The number of hydrogen-bond acceptors (Lipinski definition) is 5. The molecule has 6 nitrogen and oxygen atoms in total. The Bertz CT molecular complexity index is 493. The first-order valence-corrected chi connectivity index (χ1v) is 5.59. The van der Waals surface area contributed by atoms with Crippen LogP contribution in [0.3, 0.4) is 0 Å². The van der Waals surface area contributed by atoms with E-state index in [-0.39, 0.29) is 17.9 Å². The average Bonchev–Trinajstić information content (AvgIpc) is 2.37. The number of hydrogen-bond donors (Lipinski definition) is 0. The second-order valence-corrected chi connectivity index (χ2v) is 4.19. The van der Waals surface area contributed by atoms with Crippen molar-refractivity contribution in [3.8, 4) is 0 Å². The Kier molecular flexibility index (Phi) is 4.80. The highest BCUT2D eigenvalue weighted by molar-refractivity contribution is 5.73. The summed E-state index contributed by atoms with van der Waals surface area (Å²) in [6, 6.07) is 3.31. The molecule has 1 aromatic carbocycles. The standard InChI is InChI=1S/C12H15FN2O4/c1-8(12(16)19-3)7-14(2)10-5-4-9(13)6-11(10)15(17)18/h4-6,8H,7H2,1-3H3. The summed E-state index contributed by atoms with van der Waals surface area (Å²) in [5.41, 5.74) is -0.0817. The molecule has 0 aliphatic carbocycles. The van der Waals surface area contributed by atoms with Gasteiger partial charge in [0.15, 0.2) is 0 Å². The van der Waals surface area contributed by atoms with Crippen LogP contribution in [0.2, 0.25) is 0 Å². The molecule has 104 valence electrons. The minimum atomic E-state index is -0.676. The lowest BCUT2D eigenvalue weighted by Crippen LogP contribution is -2.29. The van der Waals surface area contributed by atoms with Crippen molar-refractivity contribution in [2.24, 2.45) is 5.92 Å². The van der Waals surface area contributed by atoms with Gasteiger partial charge < -0.3 is 9.64 Å². The van der Waals surface area contributed by atoms with Gasteiger partial charge in [-0.25, -0.2) is 4.39 Å². The smallest absolute Gasteiger partial charge is 0.310 e. The summed E-state index contributed by atoms with van der Waals surface area (Å²) in [5.74, 6) is -1.53. The summed E-state index contributed by atoms with van der Waals surface area (Å²) in [4.78, 5) is 23.1. The highest BCUT2D eigenvalue weighted by Gasteiger charge is 2.22. The topological polar surface area (TPSA) is 72.7 Å². The SMILES string of the molecule is COC(=O)C(C)CN(C)c1ccc(F)cc1[N+](=O)[O-]. The number of nitrogens with zero attached hydrogens (tertiary/aromatic N) is 2. The van der Waals surface area contributed by atoms with E-state index < -0.39 is 22.6 Å². The molecule has 0 spiro atoms. The molecule has 7 heteroatoms. The van der Waals surface area contributed by atoms with E-state index in [0.717, 1.165) is 12.1 Å². The van der Waals surface area contributed by atoms with Crippen LogP contribution in [0.5, 0.6) is 0 Å². The number of benzene rings is 1. The Morgan fingerprint density at radius 2 is 2.21 bits per heavy atom. The van der Waals surface area contributed by atoms with Crippen LogP contribution in [0, 0.1) is 21.8 Å². The lowest BCUT2D eigenvalue weighted by Gasteiger charge is -2.21. The fourth-order valence-electron chi connectivity index (χ4n) is 1.75. The number of halogens is 1. The van der Waals surface area contributed by atoms with E-state index in [0.29, 0.717) is 0 Å². The van der Waals surface area contributed by atoms with Gasteiger partial charge in [-0.05, 0) is 12.1 Å². The summed E-state index contributed by atoms with van der Waals surface area (Å²) in [6.07, 6.45) is 0. The molecule has 0 heterocycles. The highest BCUT2D eigenvalue weighted by Crippen LogP contribution is 2.28. The minimum absolute atomic E-state index is 0.235. The third-order valence-corrected chi connectivity index (χ3v) is 2.70. The van der Waals surface area contributed by atoms with Gasteiger partial charge in [0.25, 0.3) is 5.69 Å². The van der Waals surface area contributed by atoms with Gasteiger partial charge in [-0.2, -0.15) is 0 Å². The molecule has 0 aliphatic heterocycles. The molecule has 0 saturated heterocycles. The van der Waals surface area contributed by atoms with E-state index in [2.05, 4.69) is 4.74 Å². The summed E-state index contributed by atoms with van der Waals surface area (Å²) in [6.45, 7) is 1.89. The first-order chi connectivity index (χ1) is 8.86. The lowest BCUT2D eigenvalue weighted by atomic mass is 10.1. The molecule has 1 unspecified atom stereocenters. The molecule has 19 heavy (non-hydrogen) atoms. The summed E-state index contributed by atoms with van der Waals surface area (Å²) >= 11 is 0. The number of rotatable bonds is 5. The Labute approximate surface area is 109 Å². The molecule has 0 aliphatic rings. The Morgan fingerprint density at radius 1 is 1.58 bits per heavy atom. The minimum Gasteiger partial charge on any atom is -0.469 e. The number of carbonyl (C=O) groups excluding carboxylic acids is 1. The number of esters is 1. The van der Waals surface area contributed by atoms with Gasteiger partial charge in [0.05, 0.1) is 24.0 Å². The van der Waals surface area contributed by atoms with Crippen molar-refractivity contribution in [2.75, 3.05) is 25.6 Å². The van der Waals surface area contributed by atoms with Crippen LogP contribution < -0.4 is 4.90 Å². The monoisotopic (exact) mass is 270 g/mol. The molecule has 0 radical (unpaired) electrons. The third-order valence-electron chi connectivity index (χ3n) is 2.70. The van der Waals surface area contributed by atoms with Crippen LogP contribution in [-0.4, -0.2) is 31.6 Å². The predicted molar refractivity (Wildman–Crippen MR) is 67.5 cm³/mol. The first-order valence-electron chi connectivity index (χ1n) is 5.59. The van der Waals surface area contributed by atoms with E-state index in [1.165, 1.54) is 18.1 Å². The fraction of sp³-hybridized carbons (Fsp3) is 0.417. The van der Waals surface area contributed by atoms with E-state index in [9.17, 15) is 19.3 Å². The molecule has 0 aromatic heterocycles. The Balaban J connectivity index is 2.96. The van der Waals surface area contributed by atoms with Crippen LogP contribution in [0.4, 0.5) is 15.8 Å². The Morgan fingerprint density at radius 3 is 2.74 bits per heavy atom. The van der Waals surface area contributed by atoms with E-state index >= 15 is 0 Å². The molecule has 1 atom stereocenters. The molecule has 0 saturated carbocycles. The molecule has 0 bridgehead atoms. The molecule has 0 fully saturated rings. The maximum Gasteiger partial charge on any atom is 0.310 e. The molecular weight excluding hydrogens is 255 g/mol. The molecule has 1 aromatic rings. The number of methoxy groups -OCH3 is 1. The largest absolute Gasteiger partial charge is 0.469 e. The molecule has 0 N–H and O–H groups in total. The number of ether oxygens (including phenoxy) is 1. The first kappa shape index (κ1) is 14.9. The second-order valence-electron chi connectivity index (χ2n) is 4.19. The number of nitro benzene ring substituents is 1. The average molecular weight is 270 g/mol. The van der Waals surface area contributed by atoms with Gasteiger partial charge in [0.2, 0.25) is 0 Å². The predicted octanol–water partition coefficient (Wildman–Crippen LogP) is 1.98. The summed E-state index contributed by atoms with van der Waals surface area (Å²) in [7, 11) is 2.87. The number of carbonyl (C=O) groups is 1. The zero-order valence-corrected chi connectivity index (χ0v) is 10.9. The fourth-order valence-corrected chi connectivity index (χ4v) is 1.75. The molecular formula is C12H15FN2O4. The molecule has 1 rings (SSSR count). The maximum atomic E-state index is 13.0. The van der Waals surface area contributed by atoms with Crippen molar-refractivity contribution in [1.82, 2.24) is 0 Å². The van der Waals surface area contributed by atoms with Gasteiger partial charge in [0, 0.05) is 13.6 Å². The molecule has 0 amide bonds. The van der Waals surface area contributed by atoms with Crippen LogP contribution in [0.25, 0.3) is 0 Å². The van der Waals surface area contributed by atoms with Gasteiger partial charge in [-0.1, -0.05) is 6.92 Å². The van der Waals surface area contributed by atoms with Crippen molar-refractivity contribution in [3.05, 3.63) is 34.1 Å². The summed E-state index contributed by atoms with van der Waals surface area (Å²) in [5, 5.41) is 10.9. The van der Waals surface area contributed by atoms with Crippen LogP contribution in [0.1, 0.15) is 6.92 Å². The van der Waals surface area contributed by atoms with Crippen molar-refractivity contribution < 1.29 is 18.8 Å². The zero-order chi connectivity index (χ0) is 14.6. The maximum absolute atomic E-state index is 13.0. The van der Waals surface area contributed by atoms with E-state index in [1.54, 1.807) is 14.0 Å². The zero-order valence-electron chi connectivity index (χ0n) is 10.9. The van der Waals surface area contributed by atoms with Gasteiger partial charge >= 0.3 is 5.97 Å². The van der Waals surface area contributed by atoms with Crippen molar-refractivity contribution >= 4 is 17.3 Å². The third kappa shape index (κ3) is 3.64. The van der Waals surface area contributed by atoms with Gasteiger partial charge in [0.1, 0.15) is 11.5 Å². The van der Waals surface area contributed by atoms with Crippen molar-refractivity contribution in [1.29, 1.82) is 0 Å².